The first kappa shape index (κ1) is 10.5. The van der Waals surface area contributed by atoms with Gasteiger partial charge in [0.05, 0.1) is 6.61 Å². The molecule has 0 radical (unpaired) electrons. The molecule has 1 aliphatic carbocycles. The molecule has 2 rings (SSSR count). The molecule has 1 fully saturated rings. The number of nitrogens with two attached hydrogens (primary N) is 1. The zero-order valence-corrected chi connectivity index (χ0v) is 9.28. The molecule has 2 heteroatoms. The molecule has 1 aromatic carbocycles. The average molecular weight is 205 g/mol. The van der Waals surface area contributed by atoms with Gasteiger partial charge in [-0.15, -0.1) is 0 Å². The molecule has 0 heterocycles. The Hall–Kier alpha value is -1.02. The number of hydrogen-bond donors (Lipinski definition) is 1. The summed E-state index contributed by atoms with van der Waals surface area (Å²) >= 11 is 0. The van der Waals surface area contributed by atoms with Gasteiger partial charge in [-0.3, -0.25) is 0 Å². The second-order valence-corrected chi connectivity index (χ2v) is 4.47. The first-order valence-corrected chi connectivity index (χ1v) is 5.74. The predicted molar refractivity (Wildman–Crippen MR) is 61.9 cm³/mol. The summed E-state index contributed by atoms with van der Waals surface area (Å²) in [7, 11) is 0. The third-order valence-electron chi connectivity index (χ3n) is 3.12. The van der Waals surface area contributed by atoms with E-state index in [1.54, 1.807) is 0 Å². The van der Waals surface area contributed by atoms with Crippen LogP contribution in [0.5, 0.6) is 5.75 Å². The lowest BCUT2D eigenvalue weighted by Gasteiger charge is -2.25. The van der Waals surface area contributed by atoms with Gasteiger partial charge >= 0.3 is 0 Å². The van der Waals surface area contributed by atoms with Crippen LogP contribution in [-0.4, -0.2) is 6.61 Å². The van der Waals surface area contributed by atoms with Crippen molar-refractivity contribution in [1.82, 2.24) is 0 Å². The van der Waals surface area contributed by atoms with Crippen molar-refractivity contribution in [2.24, 2.45) is 11.7 Å². The molecule has 0 aromatic heterocycles. The maximum atomic E-state index is 5.78. The summed E-state index contributed by atoms with van der Waals surface area (Å²) in [5.41, 5.74) is 6.93. The van der Waals surface area contributed by atoms with Crippen LogP contribution < -0.4 is 10.5 Å². The summed E-state index contributed by atoms with van der Waals surface area (Å²) in [6.45, 7) is 2.86. The second-order valence-electron chi connectivity index (χ2n) is 4.47. The molecule has 0 aliphatic heterocycles. The van der Waals surface area contributed by atoms with Crippen molar-refractivity contribution < 1.29 is 4.74 Å². The van der Waals surface area contributed by atoms with Crippen molar-refractivity contribution in [1.29, 1.82) is 0 Å². The molecular formula is C13H19NO. The zero-order chi connectivity index (χ0) is 10.7. The van der Waals surface area contributed by atoms with Gasteiger partial charge < -0.3 is 10.5 Å². The molecule has 0 spiro atoms. The minimum atomic E-state index is 0.102. The lowest BCUT2D eigenvalue weighted by molar-refractivity contribution is 0.180. The minimum Gasteiger partial charge on any atom is -0.493 e. The van der Waals surface area contributed by atoms with Gasteiger partial charge in [0.2, 0.25) is 0 Å². The van der Waals surface area contributed by atoms with E-state index in [0.29, 0.717) is 0 Å². The van der Waals surface area contributed by atoms with Gasteiger partial charge in [0, 0.05) is 6.04 Å². The average Bonchev–Trinajstić information content (AvgIpc) is 2.16. The molecule has 1 aliphatic rings. The summed E-state index contributed by atoms with van der Waals surface area (Å²) in [5, 5.41) is 0. The second kappa shape index (κ2) is 4.67. The molecule has 1 atom stereocenters. The van der Waals surface area contributed by atoms with Gasteiger partial charge in [0.15, 0.2) is 0 Å². The number of hydrogen-bond acceptors (Lipinski definition) is 2. The monoisotopic (exact) mass is 205 g/mol. The Labute approximate surface area is 91.4 Å². The molecule has 0 saturated heterocycles. The Kier molecular flexibility index (Phi) is 3.27. The predicted octanol–water partition coefficient (Wildman–Crippen LogP) is 2.89. The Bertz CT molecular complexity index is 301. The van der Waals surface area contributed by atoms with Crippen LogP contribution in [0, 0.1) is 5.92 Å². The Morgan fingerprint density at radius 3 is 2.47 bits per heavy atom. The molecule has 1 unspecified atom stereocenters. The van der Waals surface area contributed by atoms with Crippen LogP contribution in [0.4, 0.5) is 0 Å². The minimum absolute atomic E-state index is 0.102. The molecule has 1 aromatic rings. The largest absolute Gasteiger partial charge is 0.493 e. The molecule has 15 heavy (non-hydrogen) atoms. The van der Waals surface area contributed by atoms with Crippen molar-refractivity contribution in [3.8, 4) is 5.75 Å². The van der Waals surface area contributed by atoms with E-state index in [4.69, 9.17) is 10.5 Å². The van der Waals surface area contributed by atoms with Gasteiger partial charge in [-0.2, -0.15) is 0 Å². The van der Waals surface area contributed by atoms with Crippen LogP contribution in [-0.2, 0) is 0 Å². The van der Waals surface area contributed by atoms with Crippen LogP contribution in [0.3, 0.4) is 0 Å². The standard InChI is InChI=1S/C13H19NO/c1-10(14)12-5-7-13(8-6-12)15-9-11-3-2-4-11/h5-8,10-11H,2-4,9,14H2,1H3. The van der Waals surface area contributed by atoms with E-state index in [0.717, 1.165) is 23.8 Å². The van der Waals surface area contributed by atoms with Crippen molar-refractivity contribution in [2.45, 2.75) is 32.2 Å². The topological polar surface area (TPSA) is 35.2 Å². The van der Waals surface area contributed by atoms with Gasteiger partial charge in [0.25, 0.3) is 0 Å². The van der Waals surface area contributed by atoms with Gasteiger partial charge in [-0.25, -0.2) is 0 Å². The van der Waals surface area contributed by atoms with Crippen molar-refractivity contribution in [2.75, 3.05) is 6.61 Å². The third kappa shape index (κ3) is 2.72. The summed E-state index contributed by atoms with van der Waals surface area (Å²) < 4.78 is 5.70. The fourth-order valence-electron chi connectivity index (χ4n) is 1.74. The first-order valence-electron chi connectivity index (χ1n) is 5.74. The number of benzene rings is 1. The van der Waals surface area contributed by atoms with Crippen LogP contribution in [0.1, 0.15) is 37.8 Å². The Balaban J connectivity index is 1.86. The highest BCUT2D eigenvalue weighted by Gasteiger charge is 2.17. The maximum absolute atomic E-state index is 5.78. The highest BCUT2D eigenvalue weighted by Crippen LogP contribution is 2.27. The summed E-state index contributed by atoms with van der Waals surface area (Å²) in [6, 6.07) is 8.21. The lowest BCUT2D eigenvalue weighted by atomic mass is 9.86. The number of rotatable bonds is 4. The Morgan fingerprint density at radius 1 is 1.33 bits per heavy atom. The Morgan fingerprint density at radius 2 is 2.00 bits per heavy atom. The van der Waals surface area contributed by atoms with Crippen molar-refractivity contribution >= 4 is 0 Å². The number of ether oxygens (including phenoxy) is 1. The van der Waals surface area contributed by atoms with Crippen LogP contribution in [0.25, 0.3) is 0 Å². The van der Waals surface area contributed by atoms with Crippen LogP contribution in [0.15, 0.2) is 24.3 Å². The maximum Gasteiger partial charge on any atom is 0.119 e. The van der Waals surface area contributed by atoms with E-state index in [9.17, 15) is 0 Å². The summed E-state index contributed by atoms with van der Waals surface area (Å²) in [6.07, 6.45) is 4.04. The first-order chi connectivity index (χ1) is 7.25. The smallest absolute Gasteiger partial charge is 0.119 e. The fourth-order valence-corrected chi connectivity index (χ4v) is 1.74. The normalized spacial score (nSPS) is 18.3. The van der Waals surface area contributed by atoms with Gasteiger partial charge in [0.1, 0.15) is 5.75 Å². The molecule has 2 nitrogen and oxygen atoms in total. The van der Waals surface area contributed by atoms with Crippen LogP contribution in [0.2, 0.25) is 0 Å². The highest BCUT2D eigenvalue weighted by molar-refractivity contribution is 5.28. The SMILES string of the molecule is CC(N)c1ccc(OCC2CCC2)cc1. The third-order valence-corrected chi connectivity index (χ3v) is 3.12. The van der Waals surface area contributed by atoms with E-state index in [2.05, 4.69) is 0 Å². The van der Waals surface area contributed by atoms with Crippen LogP contribution >= 0.6 is 0 Å². The fraction of sp³-hybridized carbons (Fsp3) is 0.538. The van der Waals surface area contributed by atoms with E-state index >= 15 is 0 Å². The summed E-state index contributed by atoms with van der Waals surface area (Å²) in [4.78, 5) is 0. The lowest BCUT2D eigenvalue weighted by Crippen LogP contribution is -2.19. The van der Waals surface area contributed by atoms with E-state index in [1.165, 1.54) is 19.3 Å². The molecule has 2 N–H and O–H groups in total. The highest BCUT2D eigenvalue weighted by atomic mass is 16.5. The van der Waals surface area contributed by atoms with E-state index in [1.807, 2.05) is 31.2 Å². The molecule has 82 valence electrons. The quantitative estimate of drug-likeness (QED) is 0.820. The molecule has 0 bridgehead atoms. The summed E-state index contributed by atoms with van der Waals surface area (Å²) in [5.74, 6) is 1.75. The van der Waals surface area contributed by atoms with Crippen molar-refractivity contribution in [3.05, 3.63) is 29.8 Å². The zero-order valence-electron chi connectivity index (χ0n) is 9.28. The van der Waals surface area contributed by atoms with Gasteiger partial charge in [-0.1, -0.05) is 18.6 Å². The molecular weight excluding hydrogens is 186 g/mol. The van der Waals surface area contributed by atoms with E-state index < -0.39 is 0 Å². The van der Waals surface area contributed by atoms with Gasteiger partial charge in [-0.05, 0) is 43.4 Å². The molecule has 0 amide bonds. The van der Waals surface area contributed by atoms with Crippen molar-refractivity contribution in [3.63, 3.8) is 0 Å². The van der Waals surface area contributed by atoms with E-state index in [-0.39, 0.29) is 6.04 Å². The molecule has 1 saturated carbocycles.